The van der Waals surface area contributed by atoms with Crippen LogP contribution in [-0.2, 0) is 9.53 Å². The van der Waals surface area contributed by atoms with Gasteiger partial charge in [-0.2, -0.15) is 0 Å². The van der Waals surface area contributed by atoms with Crippen molar-refractivity contribution < 1.29 is 14.6 Å². The Morgan fingerprint density at radius 3 is 2.44 bits per heavy atom. The Hall–Kier alpha value is -0.830. The number of hydrogen-bond acceptors (Lipinski definition) is 3. The van der Waals surface area contributed by atoms with Gasteiger partial charge in [-0.25, -0.2) is 4.79 Å². The zero-order valence-electron chi connectivity index (χ0n) is 11.0. The molecule has 0 saturated heterocycles. The molecule has 3 heteroatoms. The van der Waals surface area contributed by atoms with Crippen LogP contribution >= 0.6 is 0 Å². The maximum absolute atomic E-state index is 11.2. The summed E-state index contributed by atoms with van der Waals surface area (Å²) in [6.07, 6.45) is 3.43. The molecule has 0 saturated carbocycles. The highest BCUT2D eigenvalue weighted by Gasteiger charge is 2.19. The summed E-state index contributed by atoms with van der Waals surface area (Å²) in [5, 5.41) is 10.0. The van der Waals surface area contributed by atoms with Gasteiger partial charge < -0.3 is 9.84 Å². The molecular formula is C13H24O3. The molecule has 0 rings (SSSR count). The van der Waals surface area contributed by atoms with E-state index in [0.29, 0.717) is 5.57 Å². The van der Waals surface area contributed by atoms with Gasteiger partial charge in [0.05, 0.1) is 13.2 Å². The number of aliphatic hydroxyl groups excluding tert-OH is 1. The molecule has 0 aromatic heterocycles. The molecule has 0 heterocycles. The molecule has 3 atom stereocenters. The Kier molecular flexibility index (Phi) is 7.06. The van der Waals surface area contributed by atoms with Crippen LogP contribution in [0.25, 0.3) is 0 Å². The van der Waals surface area contributed by atoms with Gasteiger partial charge in [0.25, 0.3) is 0 Å². The Morgan fingerprint density at radius 2 is 2.00 bits per heavy atom. The van der Waals surface area contributed by atoms with Crippen LogP contribution in [0, 0.1) is 11.8 Å². The zero-order chi connectivity index (χ0) is 12.7. The second-order valence-electron chi connectivity index (χ2n) is 4.46. The second kappa shape index (κ2) is 7.44. The quantitative estimate of drug-likeness (QED) is 0.561. The normalized spacial score (nSPS) is 17.8. The fourth-order valence-electron chi connectivity index (χ4n) is 1.87. The smallest absolute Gasteiger partial charge is 0.333 e. The average molecular weight is 228 g/mol. The summed E-state index contributed by atoms with van der Waals surface area (Å²) in [5.41, 5.74) is 0.553. The van der Waals surface area contributed by atoms with Crippen molar-refractivity contribution in [3.05, 3.63) is 11.6 Å². The molecule has 94 valence electrons. The molecule has 0 aliphatic heterocycles. The lowest BCUT2D eigenvalue weighted by atomic mass is 9.89. The van der Waals surface area contributed by atoms with Crippen molar-refractivity contribution >= 4 is 5.97 Å². The summed E-state index contributed by atoms with van der Waals surface area (Å²) in [5.74, 6) is -0.107. The van der Waals surface area contributed by atoms with Crippen LogP contribution in [0.3, 0.4) is 0 Å². The van der Waals surface area contributed by atoms with Crippen molar-refractivity contribution in [2.24, 2.45) is 11.8 Å². The topological polar surface area (TPSA) is 46.5 Å². The molecule has 0 spiro atoms. The summed E-state index contributed by atoms with van der Waals surface area (Å²) >= 11 is 0. The third-order valence-corrected chi connectivity index (χ3v) is 2.89. The van der Waals surface area contributed by atoms with E-state index in [2.05, 4.69) is 11.7 Å². The summed E-state index contributed by atoms with van der Waals surface area (Å²) in [7, 11) is 1.36. The van der Waals surface area contributed by atoms with Crippen molar-refractivity contribution in [1.29, 1.82) is 0 Å². The first kappa shape index (κ1) is 15.2. The predicted molar refractivity (Wildman–Crippen MR) is 65.0 cm³/mol. The summed E-state index contributed by atoms with van der Waals surface area (Å²) in [6, 6.07) is 0. The number of ether oxygens (including phenoxy) is 1. The number of rotatable bonds is 6. The highest BCUT2D eigenvalue weighted by Crippen LogP contribution is 2.19. The molecule has 0 aliphatic carbocycles. The van der Waals surface area contributed by atoms with Crippen LogP contribution in [-0.4, -0.2) is 24.3 Å². The van der Waals surface area contributed by atoms with Gasteiger partial charge >= 0.3 is 5.97 Å². The molecule has 0 aliphatic rings. The molecule has 0 aromatic rings. The van der Waals surface area contributed by atoms with Crippen molar-refractivity contribution in [1.82, 2.24) is 0 Å². The van der Waals surface area contributed by atoms with E-state index in [1.165, 1.54) is 7.11 Å². The molecule has 0 aromatic carbocycles. The van der Waals surface area contributed by atoms with Gasteiger partial charge in [-0.05, 0) is 19.3 Å². The third kappa shape index (κ3) is 4.79. The van der Waals surface area contributed by atoms with Crippen LogP contribution in [0.1, 0.15) is 40.5 Å². The fraction of sp³-hybridized carbons (Fsp3) is 0.769. The number of carbonyl (C=O) groups excluding carboxylic acids is 1. The Bertz CT molecular complexity index is 246. The minimum Gasteiger partial charge on any atom is -0.466 e. The molecule has 0 radical (unpaired) electrons. The van der Waals surface area contributed by atoms with Crippen molar-refractivity contribution in [2.75, 3.05) is 7.11 Å². The lowest BCUT2D eigenvalue weighted by Gasteiger charge is -2.22. The van der Waals surface area contributed by atoms with E-state index in [1.54, 1.807) is 13.0 Å². The van der Waals surface area contributed by atoms with E-state index in [0.717, 1.165) is 12.8 Å². The van der Waals surface area contributed by atoms with Crippen LogP contribution in [0.4, 0.5) is 0 Å². The third-order valence-electron chi connectivity index (χ3n) is 2.89. The Labute approximate surface area is 98.5 Å². The lowest BCUT2D eigenvalue weighted by molar-refractivity contribution is -0.136. The second-order valence-corrected chi connectivity index (χ2v) is 4.46. The number of methoxy groups -OCH3 is 1. The molecule has 3 nitrogen and oxygen atoms in total. The van der Waals surface area contributed by atoms with E-state index >= 15 is 0 Å². The van der Waals surface area contributed by atoms with Crippen molar-refractivity contribution in [3.8, 4) is 0 Å². The highest BCUT2D eigenvalue weighted by atomic mass is 16.5. The first-order chi connectivity index (χ1) is 7.43. The highest BCUT2D eigenvalue weighted by molar-refractivity contribution is 5.87. The zero-order valence-corrected chi connectivity index (χ0v) is 11.0. The standard InChI is InChI=1S/C13H24O3/c1-6-7-9(2)12(14)10(3)8-11(4)13(15)16-5/h8-10,12,14H,6-7H2,1-5H3/b11-8+/t9-,10+,12-/m1/s1. The average Bonchev–Trinajstić information content (AvgIpc) is 2.26. The van der Waals surface area contributed by atoms with Gasteiger partial charge in [0, 0.05) is 11.5 Å². The maximum atomic E-state index is 11.2. The van der Waals surface area contributed by atoms with Crippen molar-refractivity contribution in [3.63, 3.8) is 0 Å². The monoisotopic (exact) mass is 228 g/mol. The fourth-order valence-corrected chi connectivity index (χ4v) is 1.87. The van der Waals surface area contributed by atoms with E-state index in [9.17, 15) is 9.90 Å². The Balaban J connectivity index is 4.44. The minimum absolute atomic E-state index is 0.0272. The van der Waals surface area contributed by atoms with E-state index < -0.39 is 6.10 Å². The summed E-state index contributed by atoms with van der Waals surface area (Å²) in [6.45, 7) is 7.76. The first-order valence-electron chi connectivity index (χ1n) is 5.88. The van der Waals surface area contributed by atoms with Crippen LogP contribution < -0.4 is 0 Å². The van der Waals surface area contributed by atoms with Gasteiger partial charge in [0.1, 0.15) is 0 Å². The number of aliphatic hydroxyl groups is 1. The first-order valence-corrected chi connectivity index (χ1v) is 5.88. The van der Waals surface area contributed by atoms with Crippen molar-refractivity contribution in [2.45, 2.75) is 46.6 Å². The van der Waals surface area contributed by atoms with Crippen LogP contribution in [0.2, 0.25) is 0 Å². The summed E-state index contributed by atoms with van der Waals surface area (Å²) < 4.78 is 4.61. The van der Waals surface area contributed by atoms with Gasteiger partial charge in [0.15, 0.2) is 0 Å². The van der Waals surface area contributed by atoms with Gasteiger partial charge in [-0.1, -0.05) is 33.3 Å². The Morgan fingerprint density at radius 1 is 1.44 bits per heavy atom. The van der Waals surface area contributed by atoms with E-state index in [4.69, 9.17) is 0 Å². The summed E-state index contributed by atoms with van der Waals surface area (Å²) in [4.78, 5) is 11.2. The molecule has 16 heavy (non-hydrogen) atoms. The van der Waals surface area contributed by atoms with E-state index in [-0.39, 0.29) is 17.8 Å². The minimum atomic E-state index is -0.403. The SMILES string of the molecule is CCC[C@@H](C)[C@@H](O)[C@@H](C)/C=C(\C)C(=O)OC. The van der Waals surface area contributed by atoms with Gasteiger partial charge in [0.2, 0.25) is 0 Å². The number of esters is 1. The van der Waals surface area contributed by atoms with Crippen LogP contribution in [0.5, 0.6) is 0 Å². The molecule has 0 bridgehead atoms. The molecule has 0 amide bonds. The van der Waals surface area contributed by atoms with Gasteiger partial charge in [-0.3, -0.25) is 0 Å². The van der Waals surface area contributed by atoms with Crippen LogP contribution in [0.15, 0.2) is 11.6 Å². The maximum Gasteiger partial charge on any atom is 0.333 e. The number of hydrogen-bond donors (Lipinski definition) is 1. The largest absolute Gasteiger partial charge is 0.466 e. The number of carbonyl (C=O) groups is 1. The van der Waals surface area contributed by atoms with Gasteiger partial charge in [-0.15, -0.1) is 0 Å². The molecular weight excluding hydrogens is 204 g/mol. The lowest BCUT2D eigenvalue weighted by Crippen LogP contribution is -2.25. The molecule has 0 unspecified atom stereocenters. The molecule has 0 fully saturated rings. The van der Waals surface area contributed by atoms with E-state index in [1.807, 2.05) is 13.8 Å². The molecule has 1 N–H and O–H groups in total. The predicted octanol–water partition coefficient (Wildman–Crippen LogP) is 2.54.